The van der Waals surface area contributed by atoms with Crippen molar-refractivity contribution in [1.29, 1.82) is 0 Å². The Bertz CT molecular complexity index is 520. The molecule has 1 aromatic rings. The Morgan fingerprint density at radius 1 is 1.29 bits per heavy atom. The molecule has 0 spiro atoms. The van der Waals surface area contributed by atoms with Crippen LogP contribution in [-0.2, 0) is 10.0 Å². The van der Waals surface area contributed by atoms with Gasteiger partial charge in [0.1, 0.15) is 0 Å². The predicted molar refractivity (Wildman–Crippen MR) is 71.0 cm³/mol. The molecule has 0 N–H and O–H groups in total. The van der Waals surface area contributed by atoms with Crippen LogP contribution >= 0.6 is 0 Å². The van der Waals surface area contributed by atoms with E-state index in [9.17, 15) is 8.42 Å². The summed E-state index contributed by atoms with van der Waals surface area (Å²) >= 11 is 0. The second-order valence-electron chi connectivity index (χ2n) is 4.96. The Morgan fingerprint density at radius 3 is 2.53 bits per heavy atom. The minimum absolute atomic E-state index is 0.276. The third kappa shape index (κ3) is 2.32. The van der Waals surface area contributed by atoms with Gasteiger partial charge in [0.2, 0.25) is 10.0 Å². The van der Waals surface area contributed by atoms with E-state index < -0.39 is 10.0 Å². The smallest absolute Gasteiger partial charge is 0.235 e. The van der Waals surface area contributed by atoms with Crippen molar-refractivity contribution in [2.24, 2.45) is 0 Å². The number of aryl methyl sites for hydroxylation is 1. The van der Waals surface area contributed by atoms with E-state index in [1.807, 2.05) is 19.1 Å². The molecule has 4 heteroatoms. The van der Waals surface area contributed by atoms with Crippen LogP contribution in [0.1, 0.15) is 37.3 Å². The van der Waals surface area contributed by atoms with E-state index in [0.717, 1.165) is 17.7 Å². The van der Waals surface area contributed by atoms with E-state index in [0.29, 0.717) is 12.5 Å². The molecule has 17 heavy (non-hydrogen) atoms. The van der Waals surface area contributed by atoms with Crippen molar-refractivity contribution < 1.29 is 8.42 Å². The van der Waals surface area contributed by atoms with Crippen LogP contribution in [0.25, 0.3) is 0 Å². The Balaban J connectivity index is 2.52. The lowest BCUT2D eigenvalue weighted by Gasteiger charge is -2.22. The van der Waals surface area contributed by atoms with E-state index in [1.54, 1.807) is 4.31 Å². The molecule has 1 heterocycles. The number of hydrogen-bond donors (Lipinski definition) is 0. The molecule has 1 saturated heterocycles. The quantitative estimate of drug-likeness (QED) is 0.812. The molecule has 1 aliphatic heterocycles. The molecular weight excluding hydrogens is 234 g/mol. The van der Waals surface area contributed by atoms with Crippen molar-refractivity contribution in [3.63, 3.8) is 0 Å². The first-order valence-electron chi connectivity index (χ1n) is 6.03. The zero-order valence-corrected chi connectivity index (χ0v) is 11.4. The van der Waals surface area contributed by atoms with Gasteiger partial charge in [-0.25, -0.2) is 8.42 Å². The monoisotopic (exact) mass is 253 g/mol. The van der Waals surface area contributed by atoms with Gasteiger partial charge in [0.25, 0.3) is 0 Å². The van der Waals surface area contributed by atoms with Gasteiger partial charge in [-0.05, 0) is 30.9 Å². The molecule has 0 saturated carbocycles. The maximum atomic E-state index is 11.9. The normalized spacial score (nSPS) is 18.9. The number of hydrogen-bond acceptors (Lipinski definition) is 2. The van der Waals surface area contributed by atoms with Gasteiger partial charge in [-0.15, -0.1) is 0 Å². The summed E-state index contributed by atoms with van der Waals surface area (Å²) < 4.78 is 25.5. The van der Waals surface area contributed by atoms with Crippen LogP contribution < -0.4 is 4.31 Å². The van der Waals surface area contributed by atoms with Gasteiger partial charge in [-0.1, -0.05) is 31.5 Å². The molecule has 2 rings (SSSR count). The van der Waals surface area contributed by atoms with Crippen LogP contribution in [0.4, 0.5) is 5.69 Å². The van der Waals surface area contributed by atoms with E-state index in [2.05, 4.69) is 19.9 Å². The molecule has 1 aromatic carbocycles. The Morgan fingerprint density at radius 2 is 2.00 bits per heavy atom. The fourth-order valence-corrected chi connectivity index (χ4v) is 3.86. The van der Waals surface area contributed by atoms with Crippen molar-refractivity contribution in [3.05, 3.63) is 29.3 Å². The standard InChI is InChI=1S/C13H19NO2S/c1-10(2)12-9-11(3)5-6-13(12)14-7-4-8-17(14,15)16/h5-6,9-10H,4,7-8H2,1-3H3. The van der Waals surface area contributed by atoms with Crippen molar-refractivity contribution in [2.45, 2.75) is 33.1 Å². The number of nitrogens with zero attached hydrogens (tertiary/aromatic N) is 1. The average Bonchev–Trinajstić information content (AvgIpc) is 2.58. The first-order chi connectivity index (χ1) is 7.92. The van der Waals surface area contributed by atoms with Crippen LogP contribution in [0.5, 0.6) is 0 Å². The molecule has 3 nitrogen and oxygen atoms in total. The molecule has 0 amide bonds. The van der Waals surface area contributed by atoms with E-state index >= 15 is 0 Å². The number of sulfonamides is 1. The molecule has 0 bridgehead atoms. The number of anilines is 1. The SMILES string of the molecule is Cc1ccc(N2CCCS2(=O)=O)c(C(C)C)c1. The van der Waals surface area contributed by atoms with Crippen LogP contribution in [0, 0.1) is 6.92 Å². The van der Waals surface area contributed by atoms with Gasteiger partial charge in [-0.2, -0.15) is 0 Å². The molecule has 94 valence electrons. The Kier molecular flexibility index (Phi) is 3.17. The molecule has 0 unspecified atom stereocenters. The summed E-state index contributed by atoms with van der Waals surface area (Å²) in [5, 5.41) is 0. The largest absolute Gasteiger partial charge is 0.270 e. The highest BCUT2D eigenvalue weighted by molar-refractivity contribution is 7.93. The van der Waals surface area contributed by atoms with E-state index in [-0.39, 0.29) is 5.75 Å². The summed E-state index contributed by atoms with van der Waals surface area (Å²) in [7, 11) is -3.08. The lowest BCUT2D eigenvalue weighted by molar-refractivity contribution is 0.599. The molecule has 0 aliphatic carbocycles. The highest BCUT2D eigenvalue weighted by atomic mass is 32.2. The van der Waals surface area contributed by atoms with E-state index in [4.69, 9.17) is 0 Å². The van der Waals surface area contributed by atoms with Gasteiger partial charge in [0.15, 0.2) is 0 Å². The summed E-state index contributed by atoms with van der Waals surface area (Å²) in [5.74, 6) is 0.610. The second-order valence-corrected chi connectivity index (χ2v) is 6.97. The maximum Gasteiger partial charge on any atom is 0.235 e. The van der Waals surface area contributed by atoms with Crippen LogP contribution in [0.3, 0.4) is 0 Å². The zero-order chi connectivity index (χ0) is 12.6. The van der Waals surface area contributed by atoms with E-state index in [1.165, 1.54) is 5.56 Å². The first-order valence-corrected chi connectivity index (χ1v) is 7.63. The van der Waals surface area contributed by atoms with Crippen molar-refractivity contribution in [3.8, 4) is 0 Å². The van der Waals surface area contributed by atoms with Gasteiger partial charge in [0.05, 0.1) is 11.4 Å². The molecule has 0 atom stereocenters. The van der Waals surface area contributed by atoms with Crippen molar-refractivity contribution in [2.75, 3.05) is 16.6 Å². The van der Waals surface area contributed by atoms with Gasteiger partial charge in [0, 0.05) is 6.54 Å². The topological polar surface area (TPSA) is 37.4 Å². The number of benzene rings is 1. The molecule has 1 aliphatic rings. The van der Waals surface area contributed by atoms with Crippen LogP contribution in [0.2, 0.25) is 0 Å². The fourth-order valence-electron chi connectivity index (χ4n) is 2.27. The average molecular weight is 253 g/mol. The summed E-state index contributed by atoms with van der Waals surface area (Å²) in [6, 6.07) is 6.01. The third-order valence-electron chi connectivity index (χ3n) is 3.17. The molecule has 1 fully saturated rings. The Hall–Kier alpha value is -1.03. The Labute approximate surface area is 104 Å². The summed E-state index contributed by atoms with van der Waals surface area (Å²) in [5.41, 5.74) is 3.16. The molecule has 0 radical (unpaired) electrons. The second kappa shape index (κ2) is 4.33. The maximum absolute atomic E-state index is 11.9. The molecule has 0 aromatic heterocycles. The van der Waals surface area contributed by atoms with Crippen molar-refractivity contribution >= 4 is 15.7 Å². The van der Waals surface area contributed by atoms with Crippen LogP contribution in [0.15, 0.2) is 18.2 Å². The highest BCUT2D eigenvalue weighted by Crippen LogP contribution is 2.32. The highest BCUT2D eigenvalue weighted by Gasteiger charge is 2.30. The lowest BCUT2D eigenvalue weighted by Crippen LogP contribution is -2.26. The van der Waals surface area contributed by atoms with Crippen molar-refractivity contribution in [1.82, 2.24) is 0 Å². The summed E-state index contributed by atoms with van der Waals surface area (Å²) in [6.07, 6.45) is 0.730. The number of rotatable bonds is 2. The summed E-state index contributed by atoms with van der Waals surface area (Å²) in [4.78, 5) is 0. The lowest BCUT2D eigenvalue weighted by atomic mass is 9.99. The zero-order valence-electron chi connectivity index (χ0n) is 10.6. The molecular formula is C13H19NO2S. The van der Waals surface area contributed by atoms with Crippen LogP contribution in [-0.4, -0.2) is 20.7 Å². The fraction of sp³-hybridized carbons (Fsp3) is 0.538. The minimum atomic E-state index is -3.08. The van der Waals surface area contributed by atoms with Gasteiger partial charge < -0.3 is 0 Å². The van der Waals surface area contributed by atoms with Gasteiger partial charge >= 0.3 is 0 Å². The minimum Gasteiger partial charge on any atom is -0.270 e. The first kappa shape index (κ1) is 12.4. The van der Waals surface area contributed by atoms with Gasteiger partial charge in [-0.3, -0.25) is 4.31 Å². The predicted octanol–water partition coefficient (Wildman–Crippen LogP) is 2.66. The third-order valence-corrected chi connectivity index (χ3v) is 5.03. The summed E-state index contributed by atoms with van der Waals surface area (Å²) in [6.45, 7) is 6.85.